The van der Waals surface area contributed by atoms with Crippen molar-refractivity contribution in [1.82, 2.24) is 4.90 Å². The van der Waals surface area contributed by atoms with Crippen molar-refractivity contribution in [3.8, 4) is 0 Å². The van der Waals surface area contributed by atoms with Crippen LogP contribution in [0.4, 0.5) is 4.39 Å². The van der Waals surface area contributed by atoms with Gasteiger partial charge in [-0.3, -0.25) is 14.5 Å². The summed E-state index contributed by atoms with van der Waals surface area (Å²) in [5, 5.41) is 0.152. The van der Waals surface area contributed by atoms with E-state index >= 15 is 0 Å². The highest BCUT2D eigenvalue weighted by Crippen LogP contribution is 2.24. The third-order valence-corrected chi connectivity index (χ3v) is 4.05. The van der Waals surface area contributed by atoms with Crippen LogP contribution in [0.1, 0.15) is 36.6 Å². The molecule has 1 aliphatic heterocycles. The molecule has 0 aliphatic carbocycles. The highest BCUT2D eigenvalue weighted by atomic mass is 35.5. The van der Waals surface area contributed by atoms with E-state index in [4.69, 9.17) is 16.3 Å². The zero-order valence-electron chi connectivity index (χ0n) is 12.5. The Hall–Kier alpha value is -2.73. The first-order chi connectivity index (χ1) is 11.4. The molecule has 0 unspecified atom stereocenters. The average Bonchev–Trinajstić information content (AvgIpc) is 2.78. The largest absolute Gasteiger partial charge is 0.457 e. The quantitative estimate of drug-likeness (QED) is 0.632. The standard InChI is InChI=1S/C17H11ClFNO4/c1-20-15(21)12-5-3-9(6-13(12)16(20)22)17(23)24-8-10-2-4-11(19)7-14(10)18/h2-7H,8H2,1H3. The predicted octanol–water partition coefficient (Wildman–Crippen LogP) is 3.06. The summed E-state index contributed by atoms with van der Waals surface area (Å²) in [5.74, 6) is -2.03. The molecule has 0 bridgehead atoms. The second kappa shape index (κ2) is 6.05. The van der Waals surface area contributed by atoms with Crippen LogP contribution < -0.4 is 0 Å². The Labute approximate surface area is 141 Å². The first-order valence-corrected chi connectivity index (χ1v) is 7.34. The monoisotopic (exact) mass is 347 g/mol. The van der Waals surface area contributed by atoms with Gasteiger partial charge >= 0.3 is 5.97 Å². The van der Waals surface area contributed by atoms with Crippen molar-refractivity contribution in [2.75, 3.05) is 7.05 Å². The zero-order valence-corrected chi connectivity index (χ0v) is 13.3. The Morgan fingerprint density at radius 1 is 1.12 bits per heavy atom. The third kappa shape index (κ3) is 2.76. The van der Waals surface area contributed by atoms with Crippen LogP contribution in [-0.4, -0.2) is 29.7 Å². The van der Waals surface area contributed by atoms with Crippen molar-refractivity contribution in [2.24, 2.45) is 0 Å². The van der Waals surface area contributed by atoms with Crippen molar-refractivity contribution >= 4 is 29.4 Å². The molecule has 122 valence electrons. The van der Waals surface area contributed by atoms with E-state index in [0.717, 1.165) is 11.0 Å². The number of carbonyl (C=O) groups is 3. The van der Waals surface area contributed by atoms with Crippen LogP contribution in [0.15, 0.2) is 36.4 Å². The molecule has 2 aromatic rings. The number of halogens is 2. The van der Waals surface area contributed by atoms with Gasteiger partial charge in [0.2, 0.25) is 0 Å². The van der Waals surface area contributed by atoms with Gasteiger partial charge in [0, 0.05) is 12.6 Å². The van der Waals surface area contributed by atoms with Crippen LogP contribution in [0.3, 0.4) is 0 Å². The average molecular weight is 348 g/mol. The van der Waals surface area contributed by atoms with Crippen molar-refractivity contribution in [3.63, 3.8) is 0 Å². The Balaban J connectivity index is 1.77. The number of benzene rings is 2. The maximum absolute atomic E-state index is 13.0. The molecule has 24 heavy (non-hydrogen) atoms. The van der Waals surface area contributed by atoms with Crippen LogP contribution in [0.25, 0.3) is 0 Å². The molecule has 2 aromatic carbocycles. The van der Waals surface area contributed by atoms with E-state index < -0.39 is 23.6 Å². The Kier molecular flexibility index (Phi) is 4.07. The summed E-state index contributed by atoms with van der Waals surface area (Å²) in [6.07, 6.45) is 0. The van der Waals surface area contributed by atoms with Crippen LogP contribution >= 0.6 is 11.6 Å². The van der Waals surface area contributed by atoms with Crippen LogP contribution in [0.2, 0.25) is 5.02 Å². The second-order valence-electron chi connectivity index (χ2n) is 5.24. The molecule has 0 radical (unpaired) electrons. The van der Waals surface area contributed by atoms with E-state index in [2.05, 4.69) is 0 Å². The number of fused-ring (bicyclic) bond motifs is 1. The van der Waals surface area contributed by atoms with Gasteiger partial charge in [-0.05, 0) is 30.3 Å². The van der Waals surface area contributed by atoms with Gasteiger partial charge in [-0.1, -0.05) is 17.7 Å². The fraction of sp³-hybridized carbons (Fsp3) is 0.118. The molecule has 0 atom stereocenters. The summed E-state index contributed by atoms with van der Waals surface area (Å²) in [7, 11) is 1.37. The number of rotatable bonds is 3. The van der Waals surface area contributed by atoms with Gasteiger partial charge in [-0.2, -0.15) is 0 Å². The minimum Gasteiger partial charge on any atom is -0.457 e. The van der Waals surface area contributed by atoms with Gasteiger partial charge in [0.15, 0.2) is 0 Å². The molecule has 7 heteroatoms. The number of imide groups is 1. The lowest BCUT2D eigenvalue weighted by atomic mass is 10.1. The fourth-order valence-corrected chi connectivity index (χ4v) is 2.58. The van der Waals surface area contributed by atoms with E-state index in [-0.39, 0.29) is 28.3 Å². The van der Waals surface area contributed by atoms with Gasteiger partial charge in [0.25, 0.3) is 11.8 Å². The molecule has 0 spiro atoms. The molecule has 1 heterocycles. The maximum Gasteiger partial charge on any atom is 0.338 e. The highest BCUT2D eigenvalue weighted by Gasteiger charge is 2.33. The lowest BCUT2D eigenvalue weighted by molar-refractivity contribution is 0.0472. The third-order valence-electron chi connectivity index (χ3n) is 3.70. The topological polar surface area (TPSA) is 63.7 Å². The Morgan fingerprint density at radius 3 is 2.54 bits per heavy atom. The molecule has 3 rings (SSSR count). The smallest absolute Gasteiger partial charge is 0.338 e. The van der Waals surface area contributed by atoms with E-state index in [1.54, 1.807) is 0 Å². The molecule has 0 saturated carbocycles. The lowest BCUT2D eigenvalue weighted by Gasteiger charge is -2.07. The first-order valence-electron chi connectivity index (χ1n) is 6.96. The summed E-state index contributed by atoms with van der Waals surface area (Å²) in [6, 6.07) is 7.92. The molecule has 0 N–H and O–H groups in total. The van der Waals surface area contributed by atoms with E-state index in [1.807, 2.05) is 0 Å². The van der Waals surface area contributed by atoms with E-state index in [0.29, 0.717) is 5.56 Å². The number of ether oxygens (including phenoxy) is 1. The molecule has 0 saturated heterocycles. The van der Waals surface area contributed by atoms with Gasteiger partial charge in [0.1, 0.15) is 12.4 Å². The normalized spacial score (nSPS) is 13.2. The highest BCUT2D eigenvalue weighted by molar-refractivity contribution is 6.31. The van der Waals surface area contributed by atoms with Crippen LogP contribution in [0.5, 0.6) is 0 Å². The summed E-state index contributed by atoms with van der Waals surface area (Å²) < 4.78 is 18.1. The molecular formula is C17H11ClFNO4. The van der Waals surface area contributed by atoms with Crippen LogP contribution in [0, 0.1) is 5.82 Å². The summed E-state index contributed by atoms with van der Waals surface area (Å²) in [5.41, 5.74) is 1.01. The van der Waals surface area contributed by atoms with E-state index in [1.165, 1.54) is 37.4 Å². The molecule has 1 aliphatic rings. The fourth-order valence-electron chi connectivity index (χ4n) is 2.35. The number of esters is 1. The SMILES string of the molecule is CN1C(=O)c2ccc(C(=O)OCc3ccc(F)cc3Cl)cc2C1=O. The van der Waals surface area contributed by atoms with Crippen molar-refractivity contribution in [1.29, 1.82) is 0 Å². The van der Waals surface area contributed by atoms with Crippen molar-refractivity contribution in [2.45, 2.75) is 6.61 Å². The van der Waals surface area contributed by atoms with E-state index in [9.17, 15) is 18.8 Å². The summed E-state index contributed by atoms with van der Waals surface area (Å²) in [4.78, 5) is 36.8. The van der Waals surface area contributed by atoms with Crippen LogP contribution in [-0.2, 0) is 11.3 Å². The number of amides is 2. The molecule has 0 fully saturated rings. The number of hydrogen-bond acceptors (Lipinski definition) is 4. The summed E-state index contributed by atoms with van der Waals surface area (Å²) in [6.45, 7) is -0.137. The second-order valence-corrected chi connectivity index (χ2v) is 5.65. The van der Waals surface area contributed by atoms with Gasteiger partial charge < -0.3 is 4.74 Å². The molecular weight excluding hydrogens is 337 g/mol. The Morgan fingerprint density at radius 2 is 1.83 bits per heavy atom. The first kappa shape index (κ1) is 16.1. The van der Waals surface area contributed by atoms with Gasteiger partial charge in [-0.15, -0.1) is 0 Å². The van der Waals surface area contributed by atoms with Crippen molar-refractivity contribution in [3.05, 3.63) is 69.5 Å². The summed E-state index contributed by atoms with van der Waals surface area (Å²) >= 11 is 5.87. The minimum absolute atomic E-state index is 0.137. The Bertz CT molecular complexity index is 881. The van der Waals surface area contributed by atoms with Gasteiger partial charge in [-0.25, -0.2) is 9.18 Å². The molecule has 2 amide bonds. The molecule has 5 nitrogen and oxygen atoms in total. The number of carbonyl (C=O) groups excluding carboxylic acids is 3. The lowest BCUT2D eigenvalue weighted by Crippen LogP contribution is -2.24. The maximum atomic E-state index is 13.0. The minimum atomic E-state index is -0.673. The number of hydrogen-bond donors (Lipinski definition) is 0. The molecule has 0 aromatic heterocycles. The van der Waals surface area contributed by atoms with Crippen molar-refractivity contribution < 1.29 is 23.5 Å². The van der Waals surface area contributed by atoms with Gasteiger partial charge in [0.05, 0.1) is 21.7 Å². The number of nitrogens with zero attached hydrogens (tertiary/aromatic N) is 1. The predicted molar refractivity (Wildman–Crippen MR) is 83.4 cm³/mol. The zero-order chi connectivity index (χ0) is 17.4.